The zero-order valence-corrected chi connectivity index (χ0v) is 9.75. The first-order valence-electron chi connectivity index (χ1n) is 5.15. The summed E-state index contributed by atoms with van der Waals surface area (Å²) in [7, 11) is 1.50. The van der Waals surface area contributed by atoms with Crippen LogP contribution in [0.1, 0.15) is 10.4 Å². The molecule has 18 heavy (non-hydrogen) atoms. The van der Waals surface area contributed by atoms with Crippen LogP contribution in [-0.2, 0) is 0 Å². The van der Waals surface area contributed by atoms with Gasteiger partial charge in [0.25, 0.3) is 0 Å². The minimum atomic E-state index is -1.25. The number of aliphatic hydroxyl groups is 1. The third-order valence-corrected chi connectivity index (χ3v) is 2.26. The highest BCUT2D eigenvalue weighted by Crippen LogP contribution is 2.22. The van der Waals surface area contributed by atoms with Crippen LogP contribution < -0.4 is 5.32 Å². The Hall–Kier alpha value is -2.28. The summed E-state index contributed by atoms with van der Waals surface area (Å²) in [4.78, 5) is 23.5. The lowest BCUT2D eigenvalue weighted by Crippen LogP contribution is -2.33. The number of nitrogens with one attached hydrogen (secondary N) is 1. The van der Waals surface area contributed by atoms with E-state index in [0.29, 0.717) is 0 Å². The normalized spacial score (nSPS) is 9.89. The number of amides is 2. The molecule has 0 bridgehead atoms. The van der Waals surface area contributed by atoms with Crippen LogP contribution in [0, 0.1) is 0 Å². The van der Waals surface area contributed by atoms with E-state index in [1.807, 2.05) is 0 Å². The Kier molecular flexibility index (Phi) is 4.50. The average molecular weight is 254 g/mol. The largest absolute Gasteiger partial charge is 0.507 e. The van der Waals surface area contributed by atoms with E-state index in [1.165, 1.54) is 24.1 Å². The number of urea groups is 1. The van der Waals surface area contributed by atoms with Gasteiger partial charge in [-0.3, -0.25) is 0 Å². The molecule has 1 rings (SSSR count). The molecule has 0 saturated carbocycles. The van der Waals surface area contributed by atoms with Gasteiger partial charge in [0.2, 0.25) is 0 Å². The SMILES string of the molecule is CN(CCO)C(=O)Nc1ccc(C(=O)O)c(O)c1. The lowest BCUT2D eigenvalue weighted by atomic mass is 10.2. The number of rotatable bonds is 4. The number of carbonyl (C=O) groups excluding carboxylic acids is 1. The highest BCUT2D eigenvalue weighted by atomic mass is 16.4. The Morgan fingerprint density at radius 3 is 2.56 bits per heavy atom. The number of carbonyl (C=O) groups is 2. The topological polar surface area (TPSA) is 110 Å². The number of likely N-dealkylation sites (N-methyl/N-ethyl adjacent to an activating group) is 1. The first-order chi connectivity index (χ1) is 8.45. The summed E-state index contributed by atoms with van der Waals surface area (Å²) in [5.41, 5.74) is 0.0315. The molecule has 0 aliphatic carbocycles. The number of benzene rings is 1. The van der Waals surface area contributed by atoms with Gasteiger partial charge >= 0.3 is 12.0 Å². The fraction of sp³-hybridized carbons (Fsp3) is 0.273. The standard InChI is InChI=1S/C11H14N2O5/c1-13(4-5-14)11(18)12-7-2-3-8(10(16)17)9(15)6-7/h2-3,6,14-15H,4-5H2,1H3,(H,12,18)(H,16,17). The number of anilines is 1. The number of aliphatic hydroxyl groups excluding tert-OH is 1. The fourth-order valence-corrected chi connectivity index (χ4v) is 1.26. The molecular weight excluding hydrogens is 240 g/mol. The zero-order chi connectivity index (χ0) is 13.7. The summed E-state index contributed by atoms with van der Waals surface area (Å²) in [6, 6.07) is 3.24. The summed E-state index contributed by atoms with van der Waals surface area (Å²) in [5, 5.41) is 29.3. The Morgan fingerprint density at radius 1 is 1.39 bits per heavy atom. The number of nitrogens with zero attached hydrogens (tertiary/aromatic N) is 1. The number of carboxylic acid groups (broad SMARTS) is 1. The van der Waals surface area contributed by atoms with Gasteiger partial charge in [-0.05, 0) is 12.1 Å². The van der Waals surface area contributed by atoms with Crippen LogP contribution in [0.2, 0.25) is 0 Å². The summed E-state index contributed by atoms with van der Waals surface area (Å²) in [6.45, 7) is 0.0121. The van der Waals surface area contributed by atoms with Crippen molar-refractivity contribution < 1.29 is 24.9 Å². The monoisotopic (exact) mass is 254 g/mol. The number of aromatic hydroxyl groups is 1. The Labute approximate surface area is 103 Å². The average Bonchev–Trinajstić information content (AvgIpc) is 2.28. The maximum atomic E-state index is 11.5. The van der Waals surface area contributed by atoms with Crippen LogP contribution in [0.5, 0.6) is 5.75 Å². The molecule has 0 heterocycles. The minimum absolute atomic E-state index is 0.160. The number of carboxylic acids is 1. The molecule has 98 valence electrons. The molecule has 0 unspecified atom stereocenters. The summed E-state index contributed by atoms with van der Waals surface area (Å²) >= 11 is 0. The smallest absolute Gasteiger partial charge is 0.339 e. The molecule has 0 atom stereocenters. The van der Waals surface area contributed by atoms with Crippen molar-refractivity contribution in [1.82, 2.24) is 4.90 Å². The lowest BCUT2D eigenvalue weighted by molar-refractivity contribution is 0.0694. The molecule has 0 spiro atoms. The maximum Gasteiger partial charge on any atom is 0.339 e. The van der Waals surface area contributed by atoms with Crippen LogP contribution >= 0.6 is 0 Å². The highest BCUT2D eigenvalue weighted by molar-refractivity contribution is 5.93. The summed E-state index contributed by atoms with van der Waals surface area (Å²) < 4.78 is 0. The molecule has 7 nitrogen and oxygen atoms in total. The van der Waals surface area contributed by atoms with Crippen molar-refractivity contribution in [3.63, 3.8) is 0 Å². The second-order valence-corrected chi connectivity index (χ2v) is 3.61. The minimum Gasteiger partial charge on any atom is -0.507 e. The Bertz CT molecular complexity index is 461. The third kappa shape index (κ3) is 3.36. The lowest BCUT2D eigenvalue weighted by Gasteiger charge is -2.16. The van der Waals surface area contributed by atoms with Gasteiger partial charge in [0.15, 0.2) is 0 Å². The van der Waals surface area contributed by atoms with Crippen molar-refractivity contribution in [1.29, 1.82) is 0 Å². The van der Waals surface area contributed by atoms with Gasteiger partial charge in [0, 0.05) is 25.3 Å². The van der Waals surface area contributed by atoms with Crippen molar-refractivity contribution in [2.75, 3.05) is 25.5 Å². The number of hydrogen-bond donors (Lipinski definition) is 4. The molecule has 1 aromatic rings. The second-order valence-electron chi connectivity index (χ2n) is 3.61. The van der Waals surface area contributed by atoms with E-state index in [0.717, 1.165) is 6.07 Å². The van der Waals surface area contributed by atoms with E-state index in [9.17, 15) is 14.7 Å². The molecule has 0 aliphatic heterocycles. The van der Waals surface area contributed by atoms with E-state index in [-0.39, 0.29) is 24.4 Å². The van der Waals surface area contributed by atoms with E-state index < -0.39 is 17.7 Å². The highest BCUT2D eigenvalue weighted by Gasteiger charge is 2.12. The molecule has 0 fully saturated rings. The summed E-state index contributed by atoms with van der Waals surface area (Å²) in [5.74, 6) is -1.67. The van der Waals surface area contributed by atoms with Gasteiger partial charge in [-0.25, -0.2) is 9.59 Å². The number of aromatic carboxylic acids is 1. The first kappa shape index (κ1) is 13.8. The zero-order valence-electron chi connectivity index (χ0n) is 9.75. The molecular formula is C11H14N2O5. The summed E-state index contributed by atoms with van der Waals surface area (Å²) in [6.07, 6.45) is 0. The molecule has 4 N–H and O–H groups in total. The van der Waals surface area contributed by atoms with Crippen molar-refractivity contribution in [3.05, 3.63) is 23.8 Å². The number of phenols is 1. The molecule has 1 aromatic carbocycles. The van der Waals surface area contributed by atoms with Gasteiger partial charge in [0.1, 0.15) is 11.3 Å². The molecule has 0 aromatic heterocycles. The van der Waals surface area contributed by atoms with E-state index >= 15 is 0 Å². The molecule has 0 aliphatic rings. The van der Waals surface area contributed by atoms with Crippen LogP contribution in [-0.4, -0.2) is 52.4 Å². The quantitative estimate of drug-likeness (QED) is 0.627. The Balaban J connectivity index is 2.77. The van der Waals surface area contributed by atoms with Crippen LogP contribution in [0.4, 0.5) is 10.5 Å². The molecule has 0 radical (unpaired) electrons. The molecule has 0 saturated heterocycles. The fourth-order valence-electron chi connectivity index (χ4n) is 1.26. The molecule has 2 amide bonds. The number of hydrogen-bond acceptors (Lipinski definition) is 4. The van der Waals surface area contributed by atoms with Gasteiger partial charge in [-0.15, -0.1) is 0 Å². The molecule has 7 heteroatoms. The van der Waals surface area contributed by atoms with Gasteiger partial charge in [0.05, 0.1) is 6.61 Å². The second kappa shape index (κ2) is 5.87. The van der Waals surface area contributed by atoms with Crippen molar-refractivity contribution in [2.24, 2.45) is 0 Å². The van der Waals surface area contributed by atoms with Gasteiger partial charge in [-0.1, -0.05) is 0 Å². The maximum absolute atomic E-state index is 11.5. The first-order valence-corrected chi connectivity index (χ1v) is 5.15. The van der Waals surface area contributed by atoms with Gasteiger partial charge in [-0.2, -0.15) is 0 Å². The third-order valence-electron chi connectivity index (χ3n) is 2.26. The predicted molar refractivity (Wildman–Crippen MR) is 63.8 cm³/mol. The predicted octanol–water partition coefficient (Wildman–Crippen LogP) is 0.546. The van der Waals surface area contributed by atoms with E-state index in [4.69, 9.17) is 10.2 Å². The van der Waals surface area contributed by atoms with E-state index in [1.54, 1.807) is 0 Å². The van der Waals surface area contributed by atoms with Crippen molar-refractivity contribution in [3.8, 4) is 5.75 Å². The Morgan fingerprint density at radius 2 is 2.06 bits per heavy atom. The van der Waals surface area contributed by atoms with Crippen molar-refractivity contribution >= 4 is 17.7 Å². The van der Waals surface area contributed by atoms with Crippen molar-refractivity contribution in [2.45, 2.75) is 0 Å². The van der Waals surface area contributed by atoms with E-state index in [2.05, 4.69) is 5.32 Å². The van der Waals surface area contributed by atoms with Gasteiger partial charge < -0.3 is 25.5 Å². The van der Waals surface area contributed by atoms with Crippen LogP contribution in [0.15, 0.2) is 18.2 Å². The van der Waals surface area contributed by atoms with Crippen LogP contribution in [0.25, 0.3) is 0 Å². The van der Waals surface area contributed by atoms with Crippen LogP contribution in [0.3, 0.4) is 0 Å².